The smallest absolute Gasteiger partial charge is 0.295 e. The van der Waals surface area contributed by atoms with Crippen molar-refractivity contribution in [1.29, 1.82) is 0 Å². The minimum absolute atomic E-state index is 0.0515. The zero-order chi connectivity index (χ0) is 21.1. The molecule has 0 atom stereocenters. The van der Waals surface area contributed by atoms with Crippen LogP contribution in [0.1, 0.15) is 18.1 Å². The number of amides is 1. The summed E-state index contributed by atoms with van der Waals surface area (Å²) in [6.45, 7) is 1.24. The first-order valence-corrected chi connectivity index (χ1v) is 10.7. The van der Waals surface area contributed by atoms with E-state index in [1.807, 2.05) is 0 Å². The SMILES string of the molecule is CNc1ccc(/C=C/c2ccc(NC(C)=O)cc2S(=O)(=O)O)c(S(=O)(=O)O)c1. The standard InChI is InChI=1S/C17H18N2O7S2/c1-11(20)19-15-8-6-13(17(10-15)28(24,25)26)4-3-12-5-7-14(18-2)9-16(12)27(21,22)23/h3-10,18H,1-2H3,(H,19,20)(H,21,22,23)(H,24,25,26)/b4-3+. The van der Waals surface area contributed by atoms with Crippen molar-refractivity contribution in [1.82, 2.24) is 0 Å². The van der Waals surface area contributed by atoms with Gasteiger partial charge in [-0.2, -0.15) is 16.8 Å². The van der Waals surface area contributed by atoms with Gasteiger partial charge in [-0.15, -0.1) is 0 Å². The van der Waals surface area contributed by atoms with Crippen LogP contribution in [-0.4, -0.2) is 38.9 Å². The average molecular weight is 426 g/mol. The van der Waals surface area contributed by atoms with Crippen molar-refractivity contribution in [3.63, 3.8) is 0 Å². The fourth-order valence-corrected chi connectivity index (χ4v) is 3.83. The van der Waals surface area contributed by atoms with Crippen molar-refractivity contribution in [2.45, 2.75) is 16.7 Å². The van der Waals surface area contributed by atoms with Crippen molar-refractivity contribution >= 4 is 49.7 Å². The Bertz CT molecular complexity index is 1150. The Morgan fingerprint density at radius 3 is 1.68 bits per heavy atom. The highest BCUT2D eigenvalue weighted by Gasteiger charge is 2.17. The number of carbonyl (C=O) groups is 1. The first kappa shape index (κ1) is 21.6. The van der Waals surface area contributed by atoms with Gasteiger partial charge in [0.2, 0.25) is 5.91 Å². The molecular formula is C17H18N2O7S2. The van der Waals surface area contributed by atoms with Crippen LogP contribution < -0.4 is 10.6 Å². The molecule has 150 valence electrons. The second-order valence-corrected chi connectivity index (χ2v) is 8.50. The van der Waals surface area contributed by atoms with E-state index in [1.165, 1.54) is 43.3 Å². The van der Waals surface area contributed by atoms with Crippen LogP contribution in [0.5, 0.6) is 0 Å². The van der Waals surface area contributed by atoms with Crippen molar-refractivity contribution in [2.75, 3.05) is 17.7 Å². The molecule has 2 aromatic rings. The van der Waals surface area contributed by atoms with Crippen molar-refractivity contribution < 1.29 is 30.7 Å². The monoisotopic (exact) mass is 426 g/mol. The van der Waals surface area contributed by atoms with Crippen LogP contribution >= 0.6 is 0 Å². The Morgan fingerprint density at radius 1 is 0.857 bits per heavy atom. The number of carbonyl (C=O) groups excluding carboxylic acids is 1. The van der Waals surface area contributed by atoms with E-state index in [0.29, 0.717) is 5.69 Å². The lowest BCUT2D eigenvalue weighted by Gasteiger charge is -2.09. The molecule has 9 nitrogen and oxygen atoms in total. The molecule has 0 unspecified atom stereocenters. The van der Waals surface area contributed by atoms with E-state index >= 15 is 0 Å². The molecule has 4 N–H and O–H groups in total. The molecule has 0 heterocycles. The van der Waals surface area contributed by atoms with Crippen LogP contribution in [0.15, 0.2) is 46.2 Å². The summed E-state index contributed by atoms with van der Waals surface area (Å²) in [5, 5.41) is 5.15. The van der Waals surface area contributed by atoms with Crippen LogP contribution in [0.25, 0.3) is 12.2 Å². The van der Waals surface area contributed by atoms with Crippen LogP contribution in [0, 0.1) is 0 Å². The number of nitrogens with one attached hydrogen (secondary N) is 2. The highest BCUT2D eigenvalue weighted by atomic mass is 32.2. The summed E-state index contributed by atoms with van der Waals surface area (Å²) in [5.74, 6) is -0.424. The molecule has 0 aliphatic rings. The maximum Gasteiger partial charge on any atom is 0.295 e. The maximum atomic E-state index is 11.7. The molecule has 2 rings (SSSR count). The summed E-state index contributed by atoms with van der Waals surface area (Å²) < 4.78 is 65.5. The summed E-state index contributed by atoms with van der Waals surface area (Å²) in [6, 6.07) is 8.04. The van der Waals surface area contributed by atoms with Gasteiger partial charge in [0, 0.05) is 25.3 Å². The third-order valence-electron chi connectivity index (χ3n) is 3.63. The van der Waals surface area contributed by atoms with E-state index in [9.17, 15) is 30.7 Å². The van der Waals surface area contributed by atoms with Crippen molar-refractivity contribution in [2.24, 2.45) is 0 Å². The largest absolute Gasteiger partial charge is 0.388 e. The average Bonchev–Trinajstić information content (AvgIpc) is 2.58. The number of rotatable bonds is 6. The van der Waals surface area contributed by atoms with E-state index < -0.39 is 31.0 Å². The van der Waals surface area contributed by atoms with Crippen LogP contribution in [-0.2, 0) is 25.0 Å². The summed E-state index contributed by atoms with van der Waals surface area (Å²) >= 11 is 0. The Balaban J connectivity index is 2.57. The van der Waals surface area contributed by atoms with Gasteiger partial charge in [-0.25, -0.2) is 0 Å². The van der Waals surface area contributed by atoms with Gasteiger partial charge >= 0.3 is 0 Å². The molecule has 0 aliphatic carbocycles. The Labute approximate surface area is 162 Å². The molecule has 2 aromatic carbocycles. The molecule has 0 fully saturated rings. The fourth-order valence-electron chi connectivity index (χ4n) is 2.41. The second-order valence-electron chi connectivity index (χ2n) is 5.72. The molecule has 0 saturated carbocycles. The predicted molar refractivity (Wildman–Crippen MR) is 105 cm³/mol. The van der Waals surface area contributed by atoms with E-state index in [0.717, 1.165) is 6.07 Å². The molecule has 0 bridgehead atoms. The Morgan fingerprint density at radius 2 is 1.29 bits per heavy atom. The molecular weight excluding hydrogens is 408 g/mol. The van der Waals surface area contributed by atoms with Crippen LogP contribution in [0.3, 0.4) is 0 Å². The lowest BCUT2D eigenvalue weighted by Crippen LogP contribution is -2.08. The second kappa shape index (κ2) is 8.10. The van der Waals surface area contributed by atoms with Gasteiger partial charge in [0.1, 0.15) is 9.79 Å². The van der Waals surface area contributed by atoms with Gasteiger partial charge in [-0.3, -0.25) is 13.9 Å². The lowest BCUT2D eigenvalue weighted by molar-refractivity contribution is -0.114. The molecule has 28 heavy (non-hydrogen) atoms. The van der Waals surface area contributed by atoms with Crippen molar-refractivity contribution in [3.05, 3.63) is 47.5 Å². The summed E-state index contributed by atoms with van der Waals surface area (Å²) in [5.41, 5.74) is 0.765. The zero-order valence-electron chi connectivity index (χ0n) is 14.9. The summed E-state index contributed by atoms with van der Waals surface area (Å²) in [4.78, 5) is 10.3. The van der Waals surface area contributed by atoms with Gasteiger partial charge in [0.25, 0.3) is 20.2 Å². The third kappa shape index (κ3) is 5.39. The van der Waals surface area contributed by atoms with Gasteiger partial charge in [0.15, 0.2) is 0 Å². The Kier molecular flexibility index (Phi) is 6.24. The predicted octanol–water partition coefficient (Wildman–Crippen LogP) is 2.35. The molecule has 0 aliphatic heterocycles. The highest BCUT2D eigenvalue weighted by molar-refractivity contribution is 7.86. The summed E-state index contributed by atoms with van der Waals surface area (Å²) in [6.07, 6.45) is 2.55. The van der Waals surface area contributed by atoms with E-state index in [1.54, 1.807) is 13.1 Å². The quantitative estimate of drug-likeness (QED) is 0.406. The van der Waals surface area contributed by atoms with E-state index in [4.69, 9.17) is 0 Å². The molecule has 0 radical (unpaired) electrons. The van der Waals surface area contributed by atoms with Crippen molar-refractivity contribution in [3.8, 4) is 0 Å². The van der Waals surface area contributed by atoms with Gasteiger partial charge in [-0.1, -0.05) is 24.3 Å². The molecule has 0 saturated heterocycles. The fraction of sp³-hybridized carbons (Fsp3) is 0.118. The number of benzene rings is 2. The van der Waals surface area contributed by atoms with Gasteiger partial charge in [0.05, 0.1) is 0 Å². The van der Waals surface area contributed by atoms with Gasteiger partial charge < -0.3 is 10.6 Å². The normalized spacial score (nSPS) is 12.1. The third-order valence-corrected chi connectivity index (χ3v) is 5.45. The molecule has 0 spiro atoms. The molecule has 1 amide bonds. The van der Waals surface area contributed by atoms with E-state index in [-0.39, 0.29) is 21.7 Å². The Hall–Kier alpha value is -2.73. The number of anilines is 2. The first-order valence-electron chi connectivity index (χ1n) is 7.78. The lowest BCUT2D eigenvalue weighted by atomic mass is 10.1. The maximum absolute atomic E-state index is 11.7. The number of hydrogen-bond acceptors (Lipinski definition) is 6. The topological polar surface area (TPSA) is 150 Å². The molecule has 0 aromatic heterocycles. The van der Waals surface area contributed by atoms with Gasteiger partial charge in [-0.05, 0) is 35.4 Å². The van der Waals surface area contributed by atoms with Crippen LogP contribution in [0.2, 0.25) is 0 Å². The molecule has 11 heteroatoms. The minimum Gasteiger partial charge on any atom is -0.388 e. The number of hydrogen-bond donors (Lipinski definition) is 4. The van der Waals surface area contributed by atoms with E-state index in [2.05, 4.69) is 10.6 Å². The minimum atomic E-state index is -4.63. The van der Waals surface area contributed by atoms with Crippen LogP contribution in [0.4, 0.5) is 11.4 Å². The summed E-state index contributed by atoms with van der Waals surface area (Å²) in [7, 11) is -7.58. The highest BCUT2D eigenvalue weighted by Crippen LogP contribution is 2.26. The first-order chi connectivity index (χ1) is 12.9. The zero-order valence-corrected chi connectivity index (χ0v) is 16.5.